The van der Waals surface area contributed by atoms with Crippen LogP contribution in [0.5, 0.6) is 0 Å². The van der Waals surface area contributed by atoms with Gasteiger partial charge >= 0.3 is 0 Å². The Labute approximate surface area is 173 Å². The van der Waals surface area contributed by atoms with Crippen LogP contribution in [0.2, 0.25) is 5.02 Å². The van der Waals surface area contributed by atoms with E-state index < -0.39 is 21.5 Å². The Kier molecular flexibility index (Phi) is 4.96. The van der Waals surface area contributed by atoms with E-state index in [4.69, 9.17) is 11.6 Å². The van der Waals surface area contributed by atoms with Crippen LogP contribution in [0, 0.1) is 12.7 Å². The summed E-state index contributed by atoms with van der Waals surface area (Å²) >= 11 is 6.09. The first-order valence-electron chi connectivity index (χ1n) is 9.15. The number of hydrogen-bond donors (Lipinski definition) is 1. The second-order valence-electron chi connectivity index (χ2n) is 7.27. The monoisotopic (exact) mass is 435 g/mol. The fraction of sp³-hybridized carbons (Fsp3) is 0.300. The summed E-state index contributed by atoms with van der Waals surface area (Å²) in [5, 5.41) is 3.28. The molecule has 4 rings (SSSR count). The van der Waals surface area contributed by atoms with Crippen molar-refractivity contribution in [3.05, 3.63) is 64.4 Å². The lowest BCUT2D eigenvalue weighted by atomic mass is 10.00. The van der Waals surface area contributed by atoms with Gasteiger partial charge in [0.1, 0.15) is 17.2 Å². The minimum Gasteiger partial charge on any atom is -0.326 e. The summed E-state index contributed by atoms with van der Waals surface area (Å²) < 4.78 is 40.4. The van der Waals surface area contributed by atoms with Gasteiger partial charge in [-0.25, -0.2) is 12.8 Å². The van der Waals surface area contributed by atoms with Crippen molar-refractivity contribution < 1.29 is 17.6 Å². The molecule has 0 saturated carbocycles. The average Bonchev–Trinajstić information content (AvgIpc) is 3.00. The Morgan fingerprint density at radius 2 is 1.79 bits per heavy atom. The lowest BCUT2D eigenvalue weighted by Crippen LogP contribution is -2.52. The standard InChI is InChI=1S/C20H19ClFN3O3S/c1-13-2-7-16(12-17(13)21)29(27,28)25-10-8-20(9-11-25)23-18(19(26)24-20)14-3-5-15(22)6-4-14/h2-7,12H,8-11H2,1H3,(H,24,26). The van der Waals surface area contributed by atoms with Crippen LogP contribution in [0.3, 0.4) is 0 Å². The number of piperidine rings is 1. The molecule has 6 nitrogen and oxygen atoms in total. The normalized spacial score (nSPS) is 19.3. The van der Waals surface area contributed by atoms with Gasteiger partial charge in [-0.2, -0.15) is 4.31 Å². The van der Waals surface area contributed by atoms with Crippen LogP contribution in [0.25, 0.3) is 0 Å². The van der Waals surface area contributed by atoms with Gasteiger partial charge in [0.05, 0.1) is 4.90 Å². The Morgan fingerprint density at radius 3 is 2.41 bits per heavy atom. The molecule has 29 heavy (non-hydrogen) atoms. The number of amides is 1. The summed E-state index contributed by atoms with van der Waals surface area (Å²) in [5.41, 5.74) is 0.744. The Morgan fingerprint density at radius 1 is 1.14 bits per heavy atom. The third-order valence-electron chi connectivity index (χ3n) is 5.34. The first-order chi connectivity index (χ1) is 13.7. The van der Waals surface area contributed by atoms with Crippen molar-refractivity contribution in [3.63, 3.8) is 0 Å². The van der Waals surface area contributed by atoms with Gasteiger partial charge in [-0.15, -0.1) is 0 Å². The highest BCUT2D eigenvalue weighted by molar-refractivity contribution is 7.89. The molecule has 2 aromatic carbocycles. The van der Waals surface area contributed by atoms with E-state index in [9.17, 15) is 17.6 Å². The Bertz CT molecular complexity index is 1110. The van der Waals surface area contributed by atoms with Gasteiger partial charge in [0.2, 0.25) is 10.0 Å². The summed E-state index contributed by atoms with van der Waals surface area (Å²) in [5.74, 6) is -0.726. The summed E-state index contributed by atoms with van der Waals surface area (Å²) in [6.45, 7) is 2.24. The largest absolute Gasteiger partial charge is 0.326 e. The van der Waals surface area contributed by atoms with Gasteiger partial charge in [-0.1, -0.05) is 17.7 Å². The van der Waals surface area contributed by atoms with Crippen LogP contribution >= 0.6 is 11.6 Å². The van der Waals surface area contributed by atoms with Crippen LogP contribution in [0.4, 0.5) is 4.39 Å². The zero-order valence-electron chi connectivity index (χ0n) is 15.7. The number of benzene rings is 2. The average molecular weight is 436 g/mol. The number of aliphatic imine (C=N–C) groups is 1. The molecule has 1 saturated heterocycles. The summed E-state index contributed by atoms with van der Waals surface area (Å²) in [7, 11) is -3.69. The van der Waals surface area contributed by atoms with Crippen molar-refractivity contribution in [2.45, 2.75) is 30.3 Å². The molecule has 2 aromatic rings. The Balaban J connectivity index is 1.53. The molecule has 1 spiro atoms. The van der Waals surface area contributed by atoms with E-state index in [2.05, 4.69) is 10.3 Å². The van der Waals surface area contributed by atoms with Gasteiger partial charge in [-0.3, -0.25) is 9.79 Å². The molecule has 1 fully saturated rings. The molecular weight excluding hydrogens is 417 g/mol. The predicted octanol–water partition coefficient (Wildman–Crippen LogP) is 2.89. The van der Waals surface area contributed by atoms with Crippen LogP contribution in [0.1, 0.15) is 24.0 Å². The van der Waals surface area contributed by atoms with Crippen LogP contribution < -0.4 is 5.32 Å². The quantitative estimate of drug-likeness (QED) is 0.805. The predicted molar refractivity (Wildman–Crippen MR) is 108 cm³/mol. The lowest BCUT2D eigenvalue weighted by Gasteiger charge is -2.36. The molecule has 2 aliphatic rings. The van der Waals surface area contributed by atoms with Crippen molar-refractivity contribution in [2.75, 3.05) is 13.1 Å². The molecule has 1 N–H and O–H groups in total. The number of nitrogens with zero attached hydrogens (tertiary/aromatic N) is 2. The van der Waals surface area contributed by atoms with Crippen molar-refractivity contribution in [2.24, 2.45) is 4.99 Å². The van der Waals surface area contributed by atoms with E-state index in [0.29, 0.717) is 23.4 Å². The molecule has 2 aliphatic heterocycles. The minimum absolute atomic E-state index is 0.148. The lowest BCUT2D eigenvalue weighted by molar-refractivity contribution is -0.115. The van der Waals surface area contributed by atoms with E-state index >= 15 is 0 Å². The summed E-state index contributed by atoms with van der Waals surface area (Å²) in [6.07, 6.45) is 0.699. The molecule has 0 atom stereocenters. The zero-order valence-corrected chi connectivity index (χ0v) is 17.2. The van der Waals surface area contributed by atoms with Crippen molar-refractivity contribution in [1.82, 2.24) is 9.62 Å². The third kappa shape index (κ3) is 3.68. The second kappa shape index (κ2) is 7.19. The molecular formula is C20H19ClFN3O3S. The smallest absolute Gasteiger partial charge is 0.272 e. The maximum absolute atomic E-state index is 13.1. The fourth-order valence-electron chi connectivity index (χ4n) is 3.58. The maximum atomic E-state index is 13.1. The first-order valence-corrected chi connectivity index (χ1v) is 11.0. The molecule has 0 bridgehead atoms. The summed E-state index contributed by atoms with van der Waals surface area (Å²) in [4.78, 5) is 17.1. The van der Waals surface area contributed by atoms with Crippen molar-refractivity contribution in [3.8, 4) is 0 Å². The van der Waals surface area contributed by atoms with Crippen LogP contribution in [-0.2, 0) is 14.8 Å². The SMILES string of the molecule is Cc1ccc(S(=O)(=O)N2CCC3(CC2)N=C(c2ccc(F)cc2)C(=O)N3)cc1Cl. The van der Waals surface area contributed by atoms with Gasteiger partial charge in [0.15, 0.2) is 0 Å². The topological polar surface area (TPSA) is 78.8 Å². The minimum atomic E-state index is -3.69. The number of rotatable bonds is 3. The maximum Gasteiger partial charge on any atom is 0.272 e. The summed E-state index contributed by atoms with van der Waals surface area (Å²) in [6, 6.07) is 10.2. The fourth-order valence-corrected chi connectivity index (χ4v) is 5.30. The number of hydrogen-bond acceptors (Lipinski definition) is 4. The van der Waals surface area contributed by atoms with E-state index in [0.717, 1.165) is 5.56 Å². The number of halogens is 2. The van der Waals surface area contributed by atoms with Crippen molar-refractivity contribution in [1.29, 1.82) is 0 Å². The molecule has 0 unspecified atom stereocenters. The number of nitrogens with one attached hydrogen (secondary N) is 1. The van der Waals surface area contributed by atoms with Gasteiger partial charge < -0.3 is 5.32 Å². The van der Waals surface area contributed by atoms with Crippen LogP contribution in [0.15, 0.2) is 52.4 Å². The highest BCUT2D eigenvalue weighted by atomic mass is 35.5. The molecule has 9 heteroatoms. The van der Waals surface area contributed by atoms with E-state index in [-0.39, 0.29) is 29.6 Å². The number of sulfonamides is 1. The van der Waals surface area contributed by atoms with Gasteiger partial charge in [0, 0.05) is 36.5 Å². The van der Waals surface area contributed by atoms with Crippen LogP contribution in [-0.4, -0.2) is 43.1 Å². The van der Waals surface area contributed by atoms with Gasteiger partial charge in [0.25, 0.3) is 5.91 Å². The first kappa shape index (κ1) is 20.0. The Hall–Kier alpha value is -2.29. The number of carbonyl (C=O) groups is 1. The molecule has 0 radical (unpaired) electrons. The number of carbonyl (C=O) groups excluding carboxylic acids is 1. The number of aryl methyl sites for hydroxylation is 1. The molecule has 0 aliphatic carbocycles. The second-order valence-corrected chi connectivity index (χ2v) is 9.61. The highest BCUT2D eigenvalue weighted by Crippen LogP contribution is 2.32. The molecule has 0 aromatic heterocycles. The van der Waals surface area contributed by atoms with E-state index in [1.54, 1.807) is 12.1 Å². The van der Waals surface area contributed by atoms with Gasteiger partial charge in [-0.05, 0) is 48.9 Å². The van der Waals surface area contributed by atoms with E-state index in [1.807, 2.05) is 6.92 Å². The molecule has 1 amide bonds. The third-order valence-corrected chi connectivity index (χ3v) is 7.64. The molecule has 152 valence electrons. The van der Waals surface area contributed by atoms with Crippen molar-refractivity contribution >= 4 is 33.2 Å². The van der Waals surface area contributed by atoms with E-state index in [1.165, 1.54) is 34.6 Å². The molecule has 2 heterocycles. The zero-order chi connectivity index (χ0) is 20.8. The highest BCUT2D eigenvalue weighted by Gasteiger charge is 2.44.